The largest absolute Gasteiger partial charge is 0.497 e. The van der Waals surface area contributed by atoms with Gasteiger partial charge in [-0.25, -0.2) is 9.18 Å². The van der Waals surface area contributed by atoms with E-state index in [0.717, 1.165) is 12.1 Å². The fourth-order valence-electron chi connectivity index (χ4n) is 1.87. The molecule has 5 nitrogen and oxygen atoms in total. The molecule has 132 valence electrons. The van der Waals surface area contributed by atoms with Crippen molar-refractivity contribution in [3.63, 3.8) is 0 Å². The van der Waals surface area contributed by atoms with E-state index in [1.807, 2.05) is 0 Å². The van der Waals surface area contributed by atoms with Gasteiger partial charge in [0.2, 0.25) is 0 Å². The van der Waals surface area contributed by atoms with Crippen LogP contribution in [0.3, 0.4) is 0 Å². The van der Waals surface area contributed by atoms with Crippen molar-refractivity contribution >= 4 is 40.8 Å². The molecule has 2 aromatic carbocycles. The number of esters is 1. The molecule has 1 N–H and O–H groups in total. The number of amides is 1. The van der Waals surface area contributed by atoms with Gasteiger partial charge in [-0.3, -0.25) is 4.79 Å². The number of rotatable bonds is 5. The van der Waals surface area contributed by atoms with E-state index in [0.29, 0.717) is 11.4 Å². The van der Waals surface area contributed by atoms with Gasteiger partial charge in [0.25, 0.3) is 5.91 Å². The molecule has 0 unspecified atom stereocenters. The zero-order valence-electron chi connectivity index (χ0n) is 13.3. The van der Waals surface area contributed by atoms with Crippen LogP contribution in [0.5, 0.6) is 5.75 Å². The molecule has 0 saturated heterocycles. The molecular formula is C17H14Cl2FNO4. The summed E-state index contributed by atoms with van der Waals surface area (Å²) < 4.78 is 23.5. The molecule has 0 aliphatic rings. The van der Waals surface area contributed by atoms with Crippen LogP contribution in [0.15, 0.2) is 36.4 Å². The number of hydrogen-bond acceptors (Lipinski definition) is 4. The number of carbonyl (C=O) groups is 2. The zero-order valence-corrected chi connectivity index (χ0v) is 14.8. The summed E-state index contributed by atoms with van der Waals surface area (Å²) in [6.07, 6.45) is -1.12. The summed E-state index contributed by atoms with van der Waals surface area (Å²) in [4.78, 5) is 24.2. The van der Waals surface area contributed by atoms with E-state index < -0.39 is 23.8 Å². The van der Waals surface area contributed by atoms with Gasteiger partial charge in [0.05, 0.1) is 22.7 Å². The Morgan fingerprint density at radius 2 is 1.76 bits per heavy atom. The van der Waals surface area contributed by atoms with Crippen molar-refractivity contribution in [2.45, 2.75) is 13.0 Å². The minimum absolute atomic E-state index is 0.0702. The Balaban J connectivity index is 2.02. The van der Waals surface area contributed by atoms with Crippen molar-refractivity contribution in [2.24, 2.45) is 0 Å². The highest BCUT2D eigenvalue weighted by Gasteiger charge is 2.22. The summed E-state index contributed by atoms with van der Waals surface area (Å²) in [5.74, 6) is -1.66. The van der Waals surface area contributed by atoms with Crippen LogP contribution in [-0.2, 0) is 9.53 Å². The minimum Gasteiger partial charge on any atom is -0.497 e. The molecule has 0 aliphatic heterocycles. The first kappa shape index (κ1) is 19.0. The van der Waals surface area contributed by atoms with E-state index in [4.69, 9.17) is 32.7 Å². The summed E-state index contributed by atoms with van der Waals surface area (Å²) in [5.41, 5.74) is 0.289. The van der Waals surface area contributed by atoms with Gasteiger partial charge in [-0.2, -0.15) is 0 Å². The van der Waals surface area contributed by atoms with Gasteiger partial charge in [0.15, 0.2) is 6.10 Å². The first-order chi connectivity index (χ1) is 11.8. The fraction of sp³-hybridized carbons (Fsp3) is 0.176. The number of methoxy groups -OCH3 is 1. The van der Waals surface area contributed by atoms with Gasteiger partial charge in [0.1, 0.15) is 11.6 Å². The second-order valence-corrected chi connectivity index (χ2v) is 5.83. The lowest BCUT2D eigenvalue weighted by Crippen LogP contribution is -2.30. The Morgan fingerprint density at radius 1 is 1.12 bits per heavy atom. The smallest absolute Gasteiger partial charge is 0.340 e. The Hall–Kier alpha value is -2.31. The molecular weight excluding hydrogens is 372 g/mol. The molecule has 1 amide bonds. The molecule has 0 saturated carbocycles. The van der Waals surface area contributed by atoms with Gasteiger partial charge in [-0.05, 0) is 43.3 Å². The minimum atomic E-state index is -1.12. The van der Waals surface area contributed by atoms with Gasteiger partial charge in [0, 0.05) is 5.69 Å². The number of anilines is 1. The predicted molar refractivity (Wildman–Crippen MR) is 92.9 cm³/mol. The molecule has 8 heteroatoms. The third-order valence-electron chi connectivity index (χ3n) is 3.24. The standard InChI is InChI=1S/C17H14Cl2FNO4/c1-9(16(22)21-10-3-5-11(24-2)6-4-10)25-17(23)12-7-15(20)14(19)8-13(12)18/h3-9H,1-2H3,(H,21,22)/t9-/m1/s1. The van der Waals surface area contributed by atoms with E-state index in [1.165, 1.54) is 14.0 Å². The molecule has 2 rings (SSSR count). The monoisotopic (exact) mass is 385 g/mol. The SMILES string of the molecule is COc1ccc(NC(=O)[C@@H](C)OC(=O)c2cc(F)c(Cl)cc2Cl)cc1. The normalized spacial score (nSPS) is 11.6. The average molecular weight is 386 g/mol. The summed E-state index contributed by atoms with van der Waals surface area (Å²) in [5, 5.41) is 2.30. The summed E-state index contributed by atoms with van der Waals surface area (Å²) in [6, 6.07) is 8.57. The predicted octanol–water partition coefficient (Wildman–Crippen LogP) is 4.33. The maximum atomic E-state index is 13.5. The summed E-state index contributed by atoms with van der Waals surface area (Å²) >= 11 is 11.4. The van der Waals surface area contributed by atoms with Gasteiger partial charge >= 0.3 is 5.97 Å². The first-order valence-corrected chi connectivity index (χ1v) is 7.88. The first-order valence-electron chi connectivity index (χ1n) is 7.12. The highest BCUT2D eigenvalue weighted by atomic mass is 35.5. The number of carbonyl (C=O) groups excluding carboxylic acids is 2. The Bertz CT molecular complexity index is 796. The lowest BCUT2D eigenvalue weighted by atomic mass is 10.2. The van der Waals surface area contributed by atoms with E-state index in [2.05, 4.69) is 5.32 Å². The van der Waals surface area contributed by atoms with Crippen LogP contribution in [0.1, 0.15) is 17.3 Å². The van der Waals surface area contributed by atoms with Crippen LogP contribution >= 0.6 is 23.2 Å². The number of ether oxygens (including phenoxy) is 2. The topological polar surface area (TPSA) is 64.6 Å². The van der Waals surface area contributed by atoms with Crippen LogP contribution in [0.2, 0.25) is 10.0 Å². The van der Waals surface area contributed by atoms with Crippen LogP contribution in [0, 0.1) is 5.82 Å². The van der Waals surface area contributed by atoms with Crippen LogP contribution < -0.4 is 10.1 Å². The Kier molecular flexibility index (Phi) is 6.22. The van der Waals surface area contributed by atoms with E-state index >= 15 is 0 Å². The molecule has 0 fully saturated rings. The summed E-state index contributed by atoms with van der Waals surface area (Å²) in [6.45, 7) is 1.39. The molecule has 0 heterocycles. The lowest BCUT2D eigenvalue weighted by molar-refractivity contribution is -0.123. The Morgan fingerprint density at radius 3 is 2.36 bits per heavy atom. The van der Waals surface area contributed by atoms with E-state index in [-0.39, 0.29) is 15.6 Å². The number of hydrogen-bond donors (Lipinski definition) is 1. The molecule has 0 spiro atoms. The van der Waals surface area contributed by atoms with Crippen molar-refractivity contribution < 1.29 is 23.5 Å². The van der Waals surface area contributed by atoms with Crippen molar-refractivity contribution in [3.05, 3.63) is 57.8 Å². The van der Waals surface area contributed by atoms with Crippen molar-refractivity contribution in [1.29, 1.82) is 0 Å². The lowest BCUT2D eigenvalue weighted by Gasteiger charge is -2.14. The van der Waals surface area contributed by atoms with Crippen LogP contribution in [-0.4, -0.2) is 25.1 Å². The second kappa shape index (κ2) is 8.18. The molecule has 0 radical (unpaired) electrons. The van der Waals surface area contributed by atoms with E-state index in [9.17, 15) is 14.0 Å². The number of nitrogens with one attached hydrogen (secondary N) is 1. The second-order valence-electron chi connectivity index (χ2n) is 5.01. The van der Waals surface area contributed by atoms with Gasteiger partial charge in [-0.15, -0.1) is 0 Å². The quantitative estimate of drug-likeness (QED) is 0.614. The fourth-order valence-corrected chi connectivity index (χ4v) is 2.34. The van der Waals surface area contributed by atoms with E-state index in [1.54, 1.807) is 24.3 Å². The highest BCUT2D eigenvalue weighted by molar-refractivity contribution is 6.36. The zero-order chi connectivity index (χ0) is 18.6. The highest BCUT2D eigenvalue weighted by Crippen LogP contribution is 2.25. The average Bonchev–Trinajstić information content (AvgIpc) is 2.58. The van der Waals surface area contributed by atoms with Crippen molar-refractivity contribution in [2.75, 3.05) is 12.4 Å². The molecule has 2 aromatic rings. The van der Waals surface area contributed by atoms with Crippen LogP contribution in [0.4, 0.5) is 10.1 Å². The number of benzene rings is 2. The van der Waals surface area contributed by atoms with Crippen molar-refractivity contribution in [3.8, 4) is 5.75 Å². The molecule has 0 aromatic heterocycles. The summed E-state index contributed by atoms with van der Waals surface area (Å²) in [7, 11) is 1.53. The third kappa shape index (κ3) is 4.84. The molecule has 1 atom stereocenters. The third-order valence-corrected chi connectivity index (χ3v) is 3.84. The maximum absolute atomic E-state index is 13.5. The van der Waals surface area contributed by atoms with Gasteiger partial charge in [-0.1, -0.05) is 23.2 Å². The molecule has 25 heavy (non-hydrogen) atoms. The van der Waals surface area contributed by atoms with Crippen molar-refractivity contribution in [1.82, 2.24) is 0 Å². The maximum Gasteiger partial charge on any atom is 0.340 e. The molecule has 0 aliphatic carbocycles. The van der Waals surface area contributed by atoms with Crippen LogP contribution in [0.25, 0.3) is 0 Å². The Labute approximate surface area is 153 Å². The van der Waals surface area contributed by atoms with Gasteiger partial charge < -0.3 is 14.8 Å². The number of halogens is 3. The molecule has 0 bridgehead atoms.